The molecule has 0 aliphatic carbocycles. The zero-order valence-corrected chi connectivity index (χ0v) is 12.9. The molecule has 0 radical (unpaired) electrons. The summed E-state index contributed by atoms with van der Waals surface area (Å²) in [6.45, 7) is 5.39. The minimum Gasteiger partial charge on any atom is -0.454 e. The highest BCUT2D eigenvalue weighted by Gasteiger charge is 2.30. The Morgan fingerprint density at radius 2 is 2.18 bits per heavy atom. The van der Waals surface area contributed by atoms with Crippen LogP contribution in [0.25, 0.3) is 0 Å². The van der Waals surface area contributed by atoms with Gasteiger partial charge in [0.15, 0.2) is 11.5 Å². The third-order valence-corrected chi connectivity index (χ3v) is 4.28. The SMILES string of the molecule is CC(C)(CNC(=O)[C@@H]1C[C@@H](O)CN1)c1ccc2c(c1)OCO2. The van der Waals surface area contributed by atoms with E-state index in [0.29, 0.717) is 19.5 Å². The Hall–Kier alpha value is -1.79. The molecule has 2 aliphatic rings. The highest BCUT2D eigenvalue weighted by Crippen LogP contribution is 2.36. The number of benzene rings is 1. The molecule has 1 aromatic rings. The van der Waals surface area contributed by atoms with E-state index in [1.165, 1.54) is 0 Å². The van der Waals surface area contributed by atoms with Gasteiger partial charge in [0.1, 0.15) is 0 Å². The number of ether oxygens (including phenoxy) is 2. The van der Waals surface area contributed by atoms with Crippen molar-refractivity contribution in [3.05, 3.63) is 23.8 Å². The summed E-state index contributed by atoms with van der Waals surface area (Å²) in [7, 11) is 0. The summed E-state index contributed by atoms with van der Waals surface area (Å²) < 4.78 is 10.7. The maximum atomic E-state index is 12.1. The fourth-order valence-electron chi connectivity index (χ4n) is 2.77. The number of carbonyl (C=O) groups excluding carboxylic acids is 1. The number of amides is 1. The number of aliphatic hydroxyl groups is 1. The van der Waals surface area contributed by atoms with Gasteiger partial charge in [0.25, 0.3) is 0 Å². The van der Waals surface area contributed by atoms with Gasteiger partial charge < -0.3 is 25.2 Å². The molecule has 2 atom stereocenters. The van der Waals surface area contributed by atoms with Crippen molar-refractivity contribution in [1.82, 2.24) is 10.6 Å². The van der Waals surface area contributed by atoms with E-state index in [1.807, 2.05) is 18.2 Å². The van der Waals surface area contributed by atoms with Gasteiger partial charge in [-0.15, -0.1) is 0 Å². The van der Waals surface area contributed by atoms with E-state index in [2.05, 4.69) is 24.5 Å². The third kappa shape index (κ3) is 3.03. The van der Waals surface area contributed by atoms with Crippen molar-refractivity contribution < 1.29 is 19.4 Å². The highest BCUT2D eigenvalue weighted by atomic mass is 16.7. The summed E-state index contributed by atoms with van der Waals surface area (Å²) in [5, 5.41) is 15.5. The average molecular weight is 306 g/mol. The monoisotopic (exact) mass is 306 g/mol. The van der Waals surface area contributed by atoms with Crippen LogP contribution in [0.1, 0.15) is 25.8 Å². The molecule has 3 N–H and O–H groups in total. The van der Waals surface area contributed by atoms with Crippen molar-refractivity contribution in [2.75, 3.05) is 19.9 Å². The van der Waals surface area contributed by atoms with Gasteiger partial charge in [-0.2, -0.15) is 0 Å². The molecule has 1 fully saturated rings. The van der Waals surface area contributed by atoms with Crippen molar-refractivity contribution in [3.63, 3.8) is 0 Å². The number of hydrogen-bond donors (Lipinski definition) is 3. The van der Waals surface area contributed by atoms with Crippen LogP contribution in [0, 0.1) is 0 Å². The van der Waals surface area contributed by atoms with E-state index in [-0.39, 0.29) is 24.2 Å². The van der Waals surface area contributed by atoms with Gasteiger partial charge in [0.05, 0.1) is 12.1 Å². The Morgan fingerprint density at radius 3 is 2.91 bits per heavy atom. The molecular weight excluding hydrogens is 284 g/mol. The third-order valence-electron chi connectivity index (χ3n) is 4.28. The van der Waals surface area contributed by atoms with Crippen LogP contribution in [0.3, 0.4) is 0 Å². The summed E-state index contributed by atoms with van der Waals surface area (Å²) in [5.41, 5.74) is 0.852. The highest BCUT2D eigenvalue weighted by molar-refractivity contribution is 5.82. The molecule has 1 saturated heterocycles. The van der Waals surface area contributed by atoms with Crippen LogP contribution in [0.5, 0.6) is 11.5 Å². The Kier molecular flexibility index (Phi) is 3.97. The first-order valence-corrected chi connectivity index (χ1v) is 7.55. The zero-order valence-electron chi connectivity index (χ0n) is 12.9. The van der Waals surface area contributed by atoms with E-state index in [4.69, 9.17) is 9.47 Å². The molecule has 0 bridgehead atoms. The first kappa shape index (κ1) is 15.1. The van der Waals surface area contributed by atoms with Crippen molar-refractivity contribution in [2.24, 2.45) is 0 Å². The van der Waals surface area contributed by atoms with E-state index < -0.39 is 6.10 Å². The van der Waals surface area contributed by atoms with Crippen molar-refractivity contribution in [2.45, 2.75) is 37.8 Å². The summed E-state index contributed by atoms with van der Waals surface area (Å²) in [5.74, 6) is 1.44. The first-order valence-electron chi connectivity index (χ1n) is 7.55. The van der Waals surface area contributed by atoms with Crippen LogP contribution in [0.2, 0.25) is 0 Å². The van der Waals surface area contributed by atoms with Gasteiger partial charge in [-0.25, -0.2) is 0 Å². The second kappa shape index (κ2) is 5.78. The second-order valence-corrected chi connectivity index (χ2v) is 6.52. The lowest BCUT2D eigenvalue weighted by Crippen LogP contribution is -2.45. The quantitative estimate of drug-likeness (QED) is 0.756. The van der Waals surface area contributed by atoms with Gasteiger partial charge in [-0.1, -0.05) is 19.9 Å². The minimum absolute atomic E-state index is 0.0645. The number of nitrogens with one attached hydrogen (secondary N) is 2. The molecule has 6 nitrogen and oxygen atoms in total. The molecule has 0 unspecified atom stereocenters. The molecule has 2 heterocycles. The number of aliphatic hydroxyl groups excluding tert-OH is 1. The van der Waals surface area contributed by atoms with Crippen molar-refractivity contribution in [1.29, 1.82) is 0 Å². The standard InChI is InChI=1S/C16H22N2O4/c1-16(2,8-18-15(20)12-6-11(19)7-17-12)10-3-4-13-14(5-10)22-9-21-13/h3-5,11-12,17,19H,6-9H2,1-2H3,(H,18,20)/t11-,12+/m1/s1. The number of rotatable bonds is 4. The molecule has 1 amide bonds. The fourth-order valence-corrected chi connectivity index (χ4v) is 2.77. The molecule has 0 saturated carbocycles. The fraction of sp³-hybridized carbons (Fsp3) is 0.562. The molecule has 0 aromatic heterocycles. The summed E-state index contributed by atoms with van der Waals surface area (Å²) in [6.07, 6.45) is 0.0358. The lowest BCUT2D eigenvalue weighted by molar-refractivity contribution is -0.123. The molecule has 6 heteroatoms. The smallest absolute Gasteiger partial charge is 0.237 e. The molecule has 2 aliphatic heterocycles. The minimum atomic E-state index is -0.433. The Balaban J connectivity index is 1.62. The predicted molar refractivity (Wildman–Crippen MR) is 81.0 cm³/mol. The van der Waals surface area contributed by atoms with Gasteiger partial charge in [0, 0.05) is 18.5 Å². The van der Waals surface area contributed by atoms with E-state index in [0.717, 1.165) is 17.1 Å². The zero-order chi connectivity index (χ0) is 15.7. The van der Waals surface area contributed by atoms with E-state index >= 15 is 0 Å². The maximum absolute atomic E-state index is 12.1. The van der Waals surface area contributed by atoms with Crippen LogP contribution in [0.15, 0.2) is 18.2 Å². The van der Waals surface area contributed by atoms with Crippen LogP contribution in [-0.4, -0.2) is 43.0 Å². The molecule has 1 aromatic carbocycles. The number of fused-ring (bicyclic) bond motifs is 1. The molecule has 0 spiro atoms. The largest absolute Gasteiger partial charge is 0.454 e. The van der Waals surface area contributed by atoms with E-state index in [9.17, 15) is 9.90 Å². The van der Waals surface area contributed by atoms with Gasteiger partial charge in [-0.05, 0) is 24.1 Å². The second-order valence-electron chi connectivity index (χ2n) is 6.52. The first-order chi connectivity index (χ1) is 10.5. The maximum Gasteiger partial charge on any atom is 0.237 e. The molecule has 22 heavy (non-hydrogen) atoms. The summed E-state index contributed by atoms with van der Waals surface area (Å²) in [4.78, 5) is 12.1. The molecule has 120 valence electrons. The van der Waals surface area contributed by atoms with Crippen LogP contribution in [-0.2, 0) is 10.2 Å². The summed E-state index contributed by atoms with van der Waals surface area (Å²) >= 11 is 0. The topological polar surface area (TPSA) is 79.8 Å². The van der Waals surface area contributed by atoms with Crippen LogP contribution in [0.4, 0.5) is 0 Å². The van der Waals surface area contributed by atoms with Gasteiger partial charge in [0.2, 0.25) is 12.7 Å². The Morgan fingerprint density at radius 1 is 1.41 bits per heavy atom. The van der Waals surface area contributed by atoms with E-state index in [1.54, 1.807) is 0 Å². The van der Waals surface area contributed by atoms with Crippen LogP contribution < -0.4 is 20.1 Å². The van der Waals surface area contributed by atoms with Crippen molar-refractivity contribution in [3.8, 4) is 11.5 Å². The van der Waals surface area contributed by atoms with Gasteiger partial charge >= 0.3 is 0 Å². The lowest BCUT2D eigenvalue weighted by atomic mass is 9.84. The molecular formula is C16H22N2O4. The Bertz CT molecular complexity index is 573. The predicted octanol–water partition coefficient (Wildman–Crippen LogP) is 0.532. The average Bonchev–Trinajstić information content (AvgIpc) is 3.12. The molecule has 3 rings (SSSR count). The van der Waals surface area contributed by atoms with Crippen LogP contribution >= 0.6 is 0 Å². The number of β-amino-alcohol motifs (C(OH)–C–C–N with tert-alkyl or cyclic N) is 1. The Labute approximate surface area is 129 Å². The lowest BCUT2D eigenvalue weighted by Gasteiger charge is -2.26. The van der Waals surface area contributed by atoms with Gasteiger partial charge in [-0.3, -0.25) is 4.79 Å². The normalized spacial score (nSPS) is 23.6. The van der Waals surface area contributed by atoms with Crippen molar-refractivity contribution >= 4 is 5.91 Å². The number of carbonyl (C=O) groups is 1. The number of hydrogen-bond acceptors (Lipinski definition) is 5. The summed E-state index contributed by atoms with van der Waals surface area (Å²) in [6, 6.07) is 5.56.